The molecule has 4 rings (SSSR count). The Morgan fingerprint density at radius 3 is 2.38 bits per heavy atom. The molecule has 2 N–H and O–H groups in total. The molecule has 1 heterocycles. The van der Waals surface area contributed by atoms with Gasteiger partial charge in [0.1, 0.15) is 10.7 Å². The average Bonchev–Trinajstić information content (AvgIpc) is 3.02. The predicted molar refractivity (Wildman–Crippen MR) is 136 cm³/mol. The Hall–Kier alpha value is -3.32. The average molecular weight is 515 g/mol. The molecule has 0 radical (unpaired) electrons. The van der Waals surface area contributed by atoms with Gasteiger partial charge in [-0.15, -0.1) is 0 Å². The zero-order valence-electron chi connectivity index (χ0n) is 18.1. The summed E-state index contributed by atoms with van der Waals surface area (Å²) in [4.78, 5) is 39.7. The number of aryl methyl sites for hydroxylation is 2. The first-order chi connectivity index (χ1) is 16.2. The molecular formula is C25H18Cl3N3O3. The van der Waals surface area contributed by atoms with Crippen molar-refractivity contribution in [3.8, 4) is 0 Å². The number of hydrogen-bond donors (Lipinski definition) is 2. The van der Waals surface area contributed by atoms with Crippen LogP contribution in [-0.4, -0.2) is 17.7 Å². The fourth-order valence-electron chi connectivity index (χ4n) is 3.47. The molecule has 0 aromatic heterocycles. The second-order valence-corrected chi connectivity index (χ2v) is 8.85. The van der Waals surface area contributed by atoms with Gasteiger partial charge in [0.25, 0.3) is 17.7 Å². The van der Waals surface area contributed by atoms with Crippen LogP contribution in [-0.2, 0) is 9.59 Å². The van der Waals surface area contributed by atoms with E-state index in [1.807, 2.05) is 26.0 Å². The highest BCUT2D eigenvalue weighted by Crippen LogP contribution is 2.33. The number of carbonyl (C=O) groups is 3. The standard InChI is InChI=1S/C25H18Cl3N3O3/c1-13-9-10-14(2)19(11-13)31-24(33)21(28)22(25(31)34)29-16-6-3-5-15(12-16)23(32)30-18-8-4-7-17(26)20(18)27/h3-12,29H,1-2H3,(H,30,32). The fraction of sp³-hybridized carbons (Fsp3) is 0.0800. The van der Waals surface area contributed by atoms with E-state index in [1.165, 1.54) is 6.07 Å². The van der Waals surface area contributed by atoms with Crippen molar-refractivity contribution in [2.24, 2.45) is 0 Å². The van der Waals surface area contributed by atoms with Gasteiger partial charge >= 0.3 is 0 Å². The maximum atomic E-state index is 13.1. The van der Waals surface area contributed by atoms with Gasteiger partial charge in [-0.2, -0.15) is 0 Å². The molecule has 0 spiro atoms. The lowest BCUT2D eigenvalue weighted by molar-refractivity contribution is -0.120. The third kappa shape index (κ3) is 4.53. The molecule has 0 bridgehead atoms. The summed E-state index contributed by atoms with van der Waals surface area (Å²) < 4.78 is 0. The molecule has 1 aliphatic heterocycles. The predicted octanol–water partition coefficient (Wildman–Crippen LogP) is 6.30. The van der Waals surface area contributed by atoms with Crippen LogP contribution < -0.4 is 15.5 Å². The van der Waals surface area contributed by atoms with Crippen LogP contribution in [0, 0.1) is 13.8 Å². The van der Waals surface area contributed by atoms with E-state index in [2.05, 4.69) is 10.6 Å². The molecule has 0 saturated heterocycles. The van der Waals surface area contributed by atoms with Gasteiger partial charge in [-0.1, -0.05) is 59.1 Å². The van der Waals surface area contributed by atoms with E-state index in [4.69, 9.17) is 34.8 Å². The second kappa shape index (κ2) is 9.50. The van der Waals surface area contributed by atoms with Crippen LogP contribution in [0.3, 0.4) is 0 Å². The van der Waals surface area contributed by atoms with Crippen molar-refractivity contribution in [1.29, 1.82) is 0 Å². The van der Waals surface area contributed by atoms with Crippen molar-refractivity contribution in [2.75, 3.05) is 15.5 Å². The van der Waals surface area contributed by atoms with Gasteiger partial charge in [-0.05, 0) is 61.4 Å². The summed E-state index contributed by atoms with van der Waals surface area (Å²) >= 11 is 18.4. The van der Waals surface area contributed by atoms with E-state index in [9.17, 15) is 14.4 Å². The topological polar surface area (TPSA) is 78.5 Å². The highest BCUT2D eigenvalue weighted by molar-refractivity contribution is 6.53. The van der Waals surface area contributed by atoms with Gasteiger partial charge in [0.15, 0.2) is 0 Å². The summed E-state index contributed by atoms with van der Waals surface area (Å²) in [5.41, 5.74) is 3.13. The third-order valence-corrected chi connectivity index (χ3v) is 6.40. The molecule has 0 atom stereocenters. The summed E-state index contributed by atoms with van der Waals surface area (Å²) in [6.45, 7) is 3.68. The first-order valence-electron chi connectivity index (χ1n) is 10.2. The molecule has 3 aromatic carbocycles. The van der Waals surface area contributed by atoms with Gasteiger partial charge in [0.2, 0.25) is 0 Å². The first kappa shape index (κ1) is 23.8. The molecule has 172 valence electrons. The highest BCUT2D eigenvalue weighted by Gasteiger charge is 2.39. The van der Waals surface area contributed by atoms with E-state index in [-0.39, 0.29) is 15.8 Å². The van der Waals surface area contributed by atoms with Crippen molar-refractivity contribution in [3.63, 3.8) is 0 Å². The number of nitrogens with one attached hydrogen (secondary N) is 2. The van der Waals surface area contributed by atoms with Gasteiger partial charge < -0.3 is 10.6 Å². The van der Waals surface area contributed by atoms with Crippen LogP contribution in [0.25, 0.3) is 0 Å². The lowest BCUT2D eigenvalue weighted by Gasteiger charge is -2.18. The maximum Gasteiger partial charge on any atom is 0.283 e. The number of nitrogens with zero attached hydrogens (tertiary/aromatic N) is 1. The minimum Gasteiger partial charge on any atom is -0.350 e. The zero-order chi connectivity index (χ0) is 24.6. The van der Waals surface area contributed by atoms with Crippen LogP contribution in [0.1, 0.15) is 21.5 Å². The van der Waals surface area contributed by atoms with Crippen LogP contribution in [0.4, 0.5) is 17.1 Å². The maximum absolute atomic E-state index is 13.1. The second-order valence-electron chi connectivity index (χ2n) is 7.69. The molecule has 0 fully saturated rings. The summed E-state index contributed by atoms with van der Waals surface area (Å²) in [5, 5.41) is 5.91. The minimum atomic E-state index is -0.618. The molecule has 3 amide bonds. The number of hydrogen-bond acceptors (Lipinski definition) is 4. The number of rotatable bonds is 5. The van der Waals surface area contributed by atoms with E-state index in [1.54, 1.807) is 42.5 Å². The molecule has 0 saturated carbocycles. The number of amides is 3. The molecule has 1 aliphatic rings. The van der Waals surface area contributed by atoms with E-state index < -0.39 is 17.7 Å². The SMILES string of the molecule is Cc1ccc(C)c(N2C(=O)C(Cl)=C(Nc3cccc(C(=O)Nc4cccc(Cl)c4Cl)c3)C2=O)c1. The zero-order valence-corrected chi connectivity index (χ0v) is 20.3. The van der Waals surface area contributed by atoms with E-state index in [0.717, 1.165) is 16.0 Å². The van der Waals surface area contributed by atoms with Crippen molar-refractivity contribution in [2.45, 2.75) is 13.8 Å². The normalized spacial score (nSPS) is 13.5. The molecule has 34 heavy (non-hydrogen) atoms. The van der Waals surface area contributed by atoms with Crippen molar-refractivity contribution < 1.29 is 14.4 Å². The van der Waals surface area contributed by atoms with Crippen molar-refractivity contribution in [1.82, 2.24) is 0 Å². The number of imide groups is 1. The molecule has 0 unspecified atom stereocenters. The minimum absolute atomic E-state index is 0.0667. The monoisotopic (exact) mass is 513 g/mol. The van der Waals surface area contributed by atoms with E-state index >= 15 is 0 Å². The Morgan fingerprint density at radius 1 is 0.882 bits per heavy atom. The van der Waals surface area contributed by atoms with Crippen LogP contribution >= 0.6 is 34.8 Å². The van der Waals surface area contributed by atoms with Gasteiger partial charge in [-0.3, -0.25) is 14.4 Å². The molecule has 3 aromatic rings. The number of anilines is 3. The molecule has 6 nitrogen and oxygen atoms in total. The largest absolute Gasteiger partial charge is 0.350 e. The smallest absolute Gasteiger partial charge is 0.283 e. The number of benzene rings is 3. The van der Waals surface area contributed by atoms with Gasteiger partial charge in [0.05, 0.1) is 21.4 Å². The first-order valence-corrected chi connectivity index (χ1v) is 11.3. The molecule has 9 heteroatoms. The Kier molecular flexibility index (Phi) is 6.66. The molecular weight excluding hydrogens is 497 g/mol. The third-order valence-electron chi connectivity index (χ3n) is 5.23. The summed E-state index contributed by atoms with van der Waals surface area (Å²) in [7, 11) is 0. The summed E-state index contributed by atoms with van der Waals surface area (Å²) in [6.07, 6.45) is 0. The quantitative estimate of drug-likeness (QED) is 0.392. The van der Waals surface area contributed by atoms with Crippen LogP contribution in [0.2, 0.25) is 10.0 Å². The fourth-order valence-corrected chi connectivity index (χ4v) is 4.03. The Morgan fingerprint density at radius 2 is 1.62 bits per heavy atom. The summed E-state index contributed by atoms with van der Waals surface area (Å²) in [6, 6.07) is 16.8. The Labute approximate surface area is 211 Å². The van der Waals surface area contributed by atoms with Crippen molar-refractivity contribution >= 4 is 69.6 Å². The van der Waals surface area contributed by atoms with Crippen LogP contribution in [0.5, 0.6) is 0 Å². The lowest BCUT2D eigenvalue weighted by atomic mass is 10.1. The number of halogens is 3. The summed E-state index contributed by atoms with van der Waals surface area (Å²) in [5.74, 6) is -1.63. The van der Waals surface area contributed by atoms with Crippen LogP contribution in [0.15, 0.2) is 71.4 Å². The van der Waals surface area contributed by atoms with Gasteiger partial charge in [0, 0.05) is 11.3 Å². The van der Waals surface area contributed by atoms with E-state index in [0.29, 0.717) is 27.6 Å². The molecule has 0 aliphatic carbocycles. The lowest BCUT2D eigenvalue weighted by Crippen LogP contribution is -2.33. The highest BCUT2D eigenvalue weighted by atomic mass is 35.5. The Bertz CT molecular complexity index is 1380. The van der Waals surface area contributed by atoms with Crippen molar-refractivity contribution in [3.05, 3.63) is 98.1 Å². The number of carbonyl (C=O) groups excluding carboxylic acids is 3. The van der Waals surface area contributed by atoms with Gasteiger partial charge in [-0.25, -0.2) is 4.90 Å². The Balaban J connectivity index is 1.57.